The third-order valence-corrected chi connectivity index (χ3v) is 8.67. The highest BCUT2D eigenvalue weighted by Gasteiger charge is 2.21. The van der Waals surface area contributed by atoms with Crippen LogP contribution in [0.2, 0.25) is 0 Å². The molecule has 0 fully saturated rings. The summed E-state index contributed by atoms with van der Waals surface area (Å²) < 4.78 is 20.9. The number of nitrogens with zero attached hydrogens (tertiary/aromatic N) is 2. The molecule has 18 heteroatoms. The average molecular weight is 814 g/mol. The smallest absolute Gasteiger partial charge is 0.414 e. The predicted molar refractivity (Wildman–Crippen MR) is 204 cm³/mol. The van der Waals surface area contributed by atoms with Crippen LogP contribution in [0.15, 0.2) is 67.0 Å². The summed E-state index contributed by atoms with van der Waals surface area (Å²) in [6, 6.07) is 11.7. The Labute approximate surface area is 333 Å². The van der Waals surface area contributed by atoms with Crippen molar-refractivity contribution in [2.24, 2.45) is 17.4 Å². The Morgan fingerprint density at radius 2 is 1.09 bits per heavy atom. The molecule has 0 saturated heterocycles. The zero-order valence-electron chi connectivity index (χ0n) is 32.5. The molecule has 17 nitrogen and oxygen atoms in total. The van der Waals surface area contributed by atoms with Crippen molar-refractivity contribution in [3.63, 3.8) is 0 Å². The zero-order valence-corrected chi connectivity index (χ0v) is 33.2. The summed E-state index contributed by atoms with van der Waals surface area (Å²) in [5.41, 5.74) is 15.0. The van der Waals surface area contributed by atoms with Crippen LogP contribution in [0.25, 0.3) is 21.9 Å². The Balaban J connectivity index is 0.000000387. The van der Waals surface area contributed by atoms with Gasteiger partial charge in [0, 0.05) is 87.4 Å². The van der Waals surface area contributed by atoms with E-state index in [0.717, 1.165) is 21.9 Å². The van der Waals surface area contributed by atoms with E-state index in [1.807, 2.05) is 0 Å². The molecular formula is C39H48ClN5O12. The number of hydrogen-bond donors (Lipinski definition) is 3. The van der Waals surface area contributed by atoms with E-state index in [2.05, 4.69) is 5.73 Å². The van der Waals surface area contributed by atoms with E-state index in [9.17, 15) is 38.4 Å². The average Bonchev–Trinajstić information content (AvgIpc) is 3.10. The van der Waals surface area contributed by atoms with Crippen molar-refractivity contribution in [3.05, 3.63) is 80.5 Å². The number of aryl methyl sites for hydroxylation is 2. The second-order valence-corrected chi connectivity index (χ2v) is 13.5. The maximum atomic E-state index is 12.2. The van der Waals surface area contributed by atoms with Gasteiger partial charge in [0.1, 0.15) is 28.4 Å². The van der Waals surface area contributed by atoms with Gasteiger partial charge in [0.2, 0.25) is 11.8 Å². The highest BCUT2D eigenvalue weighted by Crippen LogP contribution is 2.24. The summed E-state index contributed by atoms with van der Waals surface area (Å²) in [6.45, 7) is 5.85. The minimum atomic E-state index is -0.675. The number of carbonyl (C=O) groups is 6. The van der Waals surface area contributed by atoms with Gasteiger partial charge in [-0.3, -0.25) is 19.2 Å². The monoisotopic (exact) mass is 813 g/mol. The summed E-state index contributed by atoms with van der Waals surface area (Å²) in [5.74, 6) is -1.26. The van der Waals surface area contributed by atoms with Crippen molar-refractivity contribution in [1.29, 1.82) is 0 Å². The first kappa shape index (κ1) is 47.1. The number of hydrogen-bond acceptors (Lipinski definition) is 12. The van der Waals surface area contributed by atoms with Gasteiger partial charge in [-0.1, -0.05) is 6.92 Å². The number of ether oxygens (including phenoxy) is 2. The van der Waals surface area contributed by atoms with Crippen LogP contribution in [-0.4, -0.2) is 78.6 Å². The number of quaternary nitrogens is 1. The van der Waals surface area contributed by atoms with Gasteiger partial charge in [-0.2, -0.15) is 0 Å². The van der Waals surface area contributed by atoms with Gasteiger partial charge in [0.15, 0.2) is 11.8 Å². The van der Waals surface area contributed by atoms with Crippen molar-refractivity contribution < 1.29 is 65.2 Å². The van der Waals surface area contributed by atoms with E-state index < -0.39 is 47.2 Å². The molecule has 4 amide bonds. The quantitative estimate of drug-likeness (QED) is 0.124. The highest BCUT2D eigenvalue weighted by atomic mass is 35.5. The first-order valence-corrected chi connectivity index (χ1v) is 17.7. The summed E-state index contributed by atoms with van der Waals surface area (Å²) in [7, 11) is 3.11. The Kier molecular flexibility index (Phi) is 18.1. The lowest BCUT2D eigenvalue weighted by Crippen LogP contribution is -3.00. The number of ketones is 2. The molecule has 2 heterocycles. The van der Waals surface area contributed by atoms with Crippen LogP contribution in [0.3, 0.4) is 0 Å². The fourth-order valence-corrected chi connectivity index (χ4v) is 5.48. The number of amides is 4. The Hall–Kier alpha value is -6.07. The zero-order chi connectivity index (χ0) is 41.7. The molecule has 0 bridgehead atoms. The lowest BCUT2D eigenvalue weighted by atomic mass is 9.98. The molecule has 308 valence electrons. The maximum Gasteiger partial charge on any atom is 0.414 e. The van der Waals surface area contributed by atoms with Crippen LogP contribution >= 0.6 is 0 Å². The molecule has 0 radical (unpaired) electrons. The first-order chi connectivity index (χ1) is 26.3. The Bertz CT molecular complexity index is 2060. The van der Waals surface area contributed by atoms with Crippen LogP contribution < -0.4 is 50.3 Å². The third kappa shape index (κ3) is 14.8. The van der Waals surface area contributed by atoms with Gasteiger partial charge in [0.05, 0.1) is 6.42 Å². The normalized spacial score (nSPS) is 11.6. The number of carbonyl (C=O) groups excluding carboxylic acids is 6. The van der Waals surface area contributed by atoms with E-state index in [1.54, 1.807) is 59.1 Å². The first-order valence-electron chi connectivity index (χ1n) is 17.7. The van der Waals surface area contributed by atoms with Gasteiger partial charge >= 0.3 is 23.4 Å². The fraction of sp³-hybridized carbons (Fsp3) is 0.385. The van der Waals surface area contributed by atoms with Gasteiger partial charge in [-0.05, 0) is 62.1 Å². The van der Waals surface area contributed by atoms with Crippen molar-refractivity contribution in [1.82, 2.24) is 9.80 Å². The molecule has 0 spiro atoms. The van der Waals surface area contributed by atoms with Gasteiger partial charge in [-0.15, -0.1) is 0 Å². The second kappa shape index (κ2) is 21.9. The number of nitrogens with two attached hydrogens (primary N) is 2. The SMILES string of the molecule is Cc1cc(=O)oc2cc(OC(=O)N(C)CCCC(=O)[C@H](C)CC(N)=O)ccc12.Cc1cc(=O)oc2cc(OC(=O)N(C)CCCC(=O)[C@H]([NH3+])CC(N)=O)ccc12.[Cl-]. The van der Waals surface area contributed by atoms with E-state index in [4.69, 9.17) is 29.8 Å². The van der Waals surface area contributed by atoms with E-state index in [1.165, 1.54) is 34.1 Å². The van der Waals surface area contributed by atoms with Crippen molar-refractivity contribution in [2.75, 3.05) is 27.2 Å². The van der Waals surface area contributed by atoms with Gasteiger partial charge < -0.3 is 57.7 Å². The Morgan fingerprint density at radius 1 is 0.684 bits per heavy atom. The number of fused-ring (bicyclic) bond motifs is 2. The molecule has 57 heavy (non-hydrogen) atoms. The van der Waals surface area contributed by atoms with Crippen LogP contribution in [0.1, 0.15) is 56.6 Å². The third-order valence-electron chi connectivity index (χ3n) is 8.67. The molecule has 0 aliphatic heterocycles. The van der Waals surface area contributed by atoms with Crippen LogP contribution in [-0.2, 0) is 19.2 Å². The maximum absolute atomic E-state index is 12.2. The summed E-state index contributed by atoms with van der Waals surface area (Å²) in [5, 5.41) is 1.52. The molecule has 0 saturated carbocycles. The summed E-state index contributed by atoms with van der Waals surface area (Å²) >= 11 is 0. The summed E-state index contributed by atoms with van der Waals surface area (Å²) in [4.78, 5) is 95.5. The molecule has 4 rings (SSSR count). The van der Waals surface area contributed by atoms with Crippen molar-refractivity contribution in [2.45, 2.75) is 65.3 Å². The molecule has 2 atom stereocenters. The molecule has 7 N–H and O–H groups in total. The molecular weight excluding hydrogens is 766 g/mol. The van der Waals surface area contributed by atoms with Crippen LogP contribution in [0.4, 0.5) is 9.59 Å². The Morgan fingerprint density at radius 3 is 1.49 bits per heavy atom. The molecule has 0 unspecified atom stereocenters. The van der Waals surface area contributed by atoms with Gasteiger partial charge in [0.25, 0.3) is 0 Å². The standard InChI is InChI=1S/C20H24N2O6.C19H23N3O6.ClH/c1-12-10-19(25)28-17-11-14(6-7-15(12)17)27-20(26)22(3)8-4-5-16(23)13(2)9-18(21)24;1-11-8-18(25)28-16-9-12(5-6-13(11)16)27-19(26)22(2)7-3-4-15(23)14(20)10-17(21)24;/h6-7,10-11,13H,4-5,8-9H2,1-3H3,(H2,21,24);5-6,8-9,14H,3-4,7,10,20H2,1-2H3,(H2,21,24);1H/t13-;14-;/m11./s1. The number of rotatable bonds is 16. The topological polar surface area (TPSA) is 267 Å². The lowest BCUT2D eigenvalue weighted by Gasteiger charge is -2.17. The predicted octanol–water partition coefficient (Wildman–Crippen LogP) is -0.236. The van der Waals surface area contributed by atoms with Gasteiger partial charge in [-0.25, -0.2) is 19.2 Å². The highest BCUT2D eigenvalue weighted by molar-refractivity contribution is 5.88. The summed E-state index contributed by atoms with van der Waals surface area (Å²) in [6.07, 6.45) is 0.00608. The van der Waals surface area contributed by atoms with E-state index in [0.29, 0.717) is 30.6 Å². The van der Waals surface area contributed by atoms with E-state index >= 15 is 0 Å². The minimum absolute atomic E-state index is 0. The fourth-order valence-electron chi connectivity index (χ4n) is 5.48. The van der Waals surface area contributed by atoms with Crippen LogP contribution in [0, 0.1) is 19.8 Å². The van der Waals surface area contributed by atoms with Crippen molar-refractivity contribution >= 4 is 57.5 Å². The lowest BCUT2D eigenvalue weighted by molar-refractivity contribution is -0.402. The number of benzene rings is 2. The number of halogens is 1. The minimum Gasteiger partial charge on any atom is -1.00 e. The molecule has 0 aliphatic carbocycles. The van der Waals surface area contributed by atoms with Crippen molar-refractivity contribution in [3.8, 4) is 11.5 Å². The largest absolute Gasteiger partial charge is 1.00 e. The second-order valence-electron chi connectivity index (χ2n) is 13.5. The number of Topliss-reactive ketones (excluding diaryl/α,β-unsaturated/α-hetero) is 2. The van der Waals surface area contributed by atoms with Crippen LogP contribution in [0.5, 0.6) is 11.5 Å². The van der Waals surface area contributed by atoms with E-state index in [-0.39, 0.29) is 67.7 Å². The molecule has 2 aromatic heterocycles. The molecule has 0 aliphatic rings. The number of primary amides is 2. The molecule has 4 aromatic rings. The molecule has 2 aromatic carbocycles.